The van der Waals surface area contributed by atoms with E-state index in [9.17, 15) is 0 Å². The van der Waals surface area contributed by atoms with Crippen LogP contribution in [0.25, 0.3) is 11.0 Å². The van der Waals surface area contributed by atoms with Crippen molar-refractivity contribution < 1.29 is 4.42 Å². The van der Waals surface area contributed by atoms with Gasteiger partial charge in [0, 0.05) is 10.4 Å². The molecule has 6 heteroatoms. The van der Waals surface area contributed by atoms with Crippen molar-refractivity contribution in [1.29, 1.82) is 0 Å². The zero-order valence-corrected chi connectivity index (χ0v) is 13.4. The Morgan fingerprint density at radius 3 is 2.84 bits per heavy atom. The lowest BCUT2D eigenvalue weighted by Crippen LogP contribution is -2.28. The molecule has 0 saturated carbocycles. The molecule has 3 nitrogen and oxygen atoms in total. The van der Waals surface area contributed by atoms with Gasteiger partial charge in [-0.25, -0.2) is 5.43 Å². The molecule has 0 fully saturated rings. The van der Waals surface area contributed by atoms with Gasteiger partial charge in [-0.1, -0.05) is 11.6 Å². The number of hydrogen-bond donors (Lipinski definition) is 2. The fourth-order valence-electron chi connectivity index (χ4n) is 1.99. The Labute approximate surface area is 132 Å². The normalized spacial score (nSPS) is 13.0. The summed E-state index contributed by atoms with van der Waals surface area (Å²) in [7, 11) is 0. The van der Waals surface area contributed by atoms with Crippen molar-refractivity contribution in [1.82, 2.24) is 5.43 Å². The van der Waals surface area contributed by atoms with Crippen LogP contribution >= 0.6 is 45.5 Å². The van der Waals surface area contributed by atoms with E-state index in [-0.39, 0.29) is 6.04 Å². The molecule has 3 rings (SSSR count). The third-order valence-corrected chi connectivity index (χ3v) is 4.91. The zero-order valence-electron chi connectivity index (χ0n) is 9.69. The highest BCUT2D eigenvalue weighted by atomic mass is 127. The molecule has 0 spiro atoms. The third-order valence-electron chi connectivity index (χ3n) is 2.87. The largest absolute Gasteiger partial charge is 0.459 e. The Bertz CT molecular complexity index is 724. The number of fused-ring (bicyclic) bond motifs is 1. The minimum absolute atomic E-state index is 0.147. The molecule has 1 atom stereocenters. The van der Waals surface area contributed by atoms with Gasteiger partial charge < -0.3 is 4.42 Å². The Morgan fingerprint density at radius 1 is 1.32 bits per heavy atom. The van der Waals surface area contributed by atoms with E-state index < -0.39 is 0 Å². The first-order chi connectivity index (χ1) is 9.17. The van der Waals surface area contributed by atoms with Gasteiger partial charge in [-0.15, -0.1) is 11.3 Å². The Morgan fingerprint density at radius 2 is 2.16 bits per heavy atom. The number of nitrogens with two attached hydrogens (primary N) is 1. The molecule has 0 aliphatic rings. The molecule has 0 aliphatic carbocycles. The lowest BCUT2D eigenvalue weighted by Gasteiger charge is -2.10. The van der Waals surface area contributed by atoms with Crippen molar-refractivity contribution in [2.75, 3.05) is 0 Å². The molecule has 1 aromatic carbocycles. The number of thiophene rings is 1. The fraction of sp³-hybridized carbons (Fsp3) is 0.0769. The highest BCUT2D eigenvalue weighted by molar-refractivity contribution is 14.1. The third kappa shape index (κ3) is 2.66. The molecule has 3 N–H and O–H groups in total. The minimum atomic E-state index is -0.147. The van der Waals surface area contributed by atoms with Gasteiger partial charge in [0.05, 0.1) is 2.88 Å². The molecule has 0 saturated heterocycles. The van der Waals surface area contributed by atoms with Crippen LogP contribution in [0.15, 0.2) is 40.1 Å². The van der Waals surface area contributed by atoms with Gasteiger partial charge >= 0.3 is 0 Å². The molecular weight excluding hydrogens is 395 g/mol. The van der Waals surface area contributed by atoms with Gasteiger partial charge in [0.25, 0.3) is 0 Å². The maximum atomic E-state index is 5.98. The van der Waals surface area contributed by atoms with E-state index in [2.05, 4.69) is 39.5 Å². The summed E-state index contributed by atoms with van der Waals surface area (Å²) >= 11 is 9.95. The quantitative estimate of drug-likeness (QED) is 0.389. The predicted octanol–water partition coefficient (Wildman–Crippen LogP) is 4.31. The average molecular weight is 405 g/mol. The van der Waals surface area contributed by atoms with Gasteiger partial charge in [-0.05, 0) is 63.9 Å². The van der Waals surface area contributed by atoms with Crippen LogP contribution in [0.1, 0.15) is 17.4 Å². The van der Waals surface area contributed by atoms with Crippen molar-refractivity contribution in [3.8, 4) is 0 Å². The van der Waals surface area contributed by atoms with Crippen molar-refractivity contribution >= 4 is 56.5 Å². The van der Waals surface area contributed by atoms with E-state index in [1.54, 1.807) is 11.3 Å². The number of furan rings is 1. The lowest BCUT2D eigenvalue weighted by atomic mass is 10.1. The SMILES string of the molecule is NNC(c1csc(I)c1)c1cc2cc(Cl)ccc2o1. The number of nitrogens with one attached hydrogen (secondary N) is 1. The molecule has 0 aliphatic heterocycles. The molecular formula is C13H10ClIN2OS. The summed E-state index contributed by atoms with van der Waals surface area (Å²) in [6.07, 6.45) is 0. The van der Waals surface area contributed by atoms with Crippen molar-refractivity contribution in [2.24, 2.45) is 5.84 Å². The molecule has 0 radical (unpaired) electrons. The van der Waals surface area contributed by atoms with Crippen LogP contribution in [-0.2, 0) is 0 Å². The Kier molecular flexibility index (Phi) is 3.81. The summed E-state index contributed by atoms with van der Waals surface area (Å²) in [6.45, 7) is 0. The van der Waals surface area contributed by atoms with Crippen LogP contribution in [0.5, 0.6) is 0 Å². The van der Waals surface area contributed by atoms with Crippen LogP contribution < -0.4 is 11.3 Å². The van der Waals surface area contributed by atoms with E-state index >= 15 is 0 Å². The smallest absolute Gasteiger partial charge is 0.134 e. The highest BCUT2D eigenvalue weighted by Crippen LogP contribution is 2.31. The van der Waals surface area contributed by atoms with Gasteiger partial charge in [-0.3, -0.25) is 5.84 Å². The van der Waals surface area contributed by atoms with Crippen molar-refractivity contribution in [3.05, 3.63) is 54.9 Å². The molecule has 0 bridgehead atoms. The van der Waals surface area contributed by atoms with Crippen molar-refractivity contribution in [3.63, 3.8) is 0 Å². The second-order valence-corrected chi connectivity index (χ2v) is 7.36. The summed E-state index contributed by atoms with van der Waals surface area (Å²) in [6, 6.07) is 9.48. The summed E-state index contributed by atoms with van der Waals surface area (Å²) < 4.78 is 7.06. The fourth-order valence-corrected chi connectivity index (χ4v) is 3.57. The standard InChI is InChI=1S/C13H10ClIN2OS/c14-9-1-2-10-7(3-9)4-11(18-10)13(17-16)8-5-12(15)19-6-8/h1-6,13,17H,16H2. The summed E-state index contributed by atoms with van der Waals surface area (Å²) in [4.78, 5) is 0. The summed E-state index contributed by atoms with van der Waals surface area (Å²) in [5.41, 5.74) is 4.71. The number of halogens is 2. The number of rotatable bonds is 3. The van der Waals surface area contributed by atoms with Crippen LogP contribution in [-0.4, -0.2) is 0 Å². The van der Waals surface area contributed by atoms with E-state index in [0.717, 1.165) is 22.3 Å². The van der Waals surface area contributed by atoms with Gasteiger partial charge in [0.2, 0.25) is 0 Å². The predicted molar refractivity (Wildman–Crippen MR) is 87.4 cm³/mol. The van der Waals surface area contributed by atoms with E-state index in [1.807, 2.05) is 24.3 Å². The second kappa shape index (κ2) is 5.41. The first kappa shape index (κ1) is 13.4. The molecule has 0 amide bonds. The Hall–Kier alpha value is -0.600. The van der Waals surface area contributed by atoms with Crippen LogP contribution in [0, 0.1) is 2.88 Å². The summed E-state index contributed by atoms with van der Waals surface area (Å²) in [5.74, 6) is 6.45. The molecule has 2 aromatic heterocycles. The summed E-state index contributed by atoms with van der Waals surface area (Å²) in [5, 5.41) is 3.75. The highest BCUT2D eigenvalue weighted by Gasteiger charge is 2.18. The molecule has 3 aromatic rings. The Balaban J connectivity index is 2.06. The molecule has 19 heavy (non-hydrogen) atoms. The van der Waals surface area contributed by atoms with Crippen LogP contribution in [0.2, 0.25) is 5.02 Å². The first-order valence-corrected chi connectivity index (χ1v) is 7.90. The van der Waals surface area contributed by atoms with E-state index in [4.69, 9.17) is 21.9 Å². The maximum absolute atomic E-state index is 5.98. The first-order valence-electron chi connectivity index (χ1n) is 5.56. The molecule has 2 heterocycles. The number of hydrogen-bond acceptors (Lipinski definition) is 4. The minimum Gasteiger partial charge on any atom is -0.459 e. The van der Waals surface area contributed by atoms with Gasteiger partial charge in [0.15, 0.2) is 0 Å². The second-order valence-electron chi connectivity index (χ2n) is 4.11. The van der Waals surface area contributed by atoms with Crippen LogP contribution in [0.4, 0.5) is 0 Å². The van der Waals surface area contributed by atoms with Gasteiger partial charge in [-0.2, -0.15) is 0 Å². The number of hydrazine groups is 1. The average Bonchev–Trinajstić information content (AvgIpc) is 2.96. The van der Waals surface area contributed by atoms with Gasteiger partial charge in [0.1, 0.15) is 17.4 Å². The lowest BCUT2D eigenvalue weighted by molar-refractivity contribution is 0.478. The topological polar surface area (TPSA) is 51.2 Å². The van der Waals surface area contributed by atoms with E-state index in [1.165, 1.54) is 2.88 Å². The zero-order chi connectivity index (χ0) is 13.4. The monoisotopic (exact) mass is 404 g/mol. The van der Waals surface area contributed by atoms with E-state index in [0.29, 0.717) is 5.02 Å². The molecule has 98 valence electrons. The van der Waals surface area contributed by atoms with Crippen LogP contribution in [0.3, 0.4) is 0 Å². The molecule has 1 unspecified atom stereocenters. The van der Waals surface area contributed by atoms with Crippen molar-refractivity contribution in [2.45, 2.75) is 6.04 Å². The number of benzene rings is 1. The maximum Gasteiger partial charge on any atom is 0.134 e.